The van der Waals surface area contributed by atoms with Gasteiger partial charge in [0.2, 0.25) is 0 Å². The molecule has 0 saturated carbocycles. The minimum absolute atomic E-state index is 0.317. The van der Waals surface area contributed by atoms with Crippen LogP contribution in [0.4, 0.5) is 5.69 Å². The molecular weight excluding hydrogens is 398 g/mol. The van der Waals surface area contributed by atoms with E-state index in [1.54, 1.807) is 24.1 Å². The number of hydrogen-bond acceptors (Lipinski definition) is 4. The highest BCUT2D eigenvalue weighted by atomic mass is 79.9. The van der Waals surface area contributed by atoms with Gasteiger partial charge in [-0.15, -0.1) is 0 Å². The average molecular weight is 420 g/mol. The second-order valence-corrected chi connectivity index (χ2v) is 7.10. The van der Waals surface area contributed by atoms with E-state index in [9.17, 15) is 9.90 Å². The number of halogens is 1. The second-order valence-electron chi connectivity index (χ2n) is 6.18. The predicted octanol–water partition coefficient (Wildman–Crippen LogP) is 4.09. The van der Waals surface area contributed by atoms with Gasteiger partial charge in [-0.25, -0.2) is 0 Å². The van der Waals surface area contributed by atoms with Crippen molar-refractivity contribution in [3.05, 3.63) is 52.5 Å². The summed E-state index contributed by atoms with van der Waals surface area (Å²) < 4.78 is 12.0. The van der Waals surface area contributed by atoms with Gasteiger partial charge in [0.25, 0.3) is 5.91 Å². The van der Waals surface area contributed by atoms with Crippen LogP contribution in [0.5, 0.6) is 11.5 Å². The van der Waals surface area contributed by atoms with Crippen LogP contribution in [0.2, 0.25) is 0 Å². The molecule has 26 heavy (non-hydrogen) atoms. The number of unbranched alkanes of at least 4 members (excludes halogenated alkanes) is 1. The number of nitrogens with zero attached hydrogens (tertiary/aromatic N) is 1. The van der Waals surface area contributed by atoms with Gasteiger partial charge in [0, 0.05) is 15.7 Å². The molecule has 1 saturated heterocycles. The molecule has 1 amide bonds. The molecule has 3 rings (SSSR count). The van der Waals surface area contributed by atoms with E-state index in [0.717, 1.165) is 22.9 Å². The lowest BCUT2D eigenvalue weighted by molar-refractivity contribution is -0.137. The van der Waals surface area contributed by atoms with E-state index < -0.39 is 12.1 Å². The molecule has 1 heterocycles. The van der Waals surface area contributed by atoms with Gasteiger partial charge in [-0.2, -0.15) is 0 Å². The van der Waals surface area contributed by atoms with Crippen LogP contribution in [0.1, 0.15) is 31.4 Å². The third-order valence-electron chi connectivity index (χ3n) is 4.47. The van der Waals surface area contributed by atoms with E-state index >= 15 is 0 Å². The molecule has 1 fully saturated rings. The molecule has 0 unspecified atom stereocenters. The van der Waals surface area contributed by atoms with Crippen LogP contribution in [-0.4, -0.2) is 30.8 Å². The Morgan fingerprint density at radius 3 is 2.58 bits per heavy atom. The lowest BCUT2D eigenvalue weighted by Crippen LogP contribution is -2.59. The summed E-state index contributed by atoms with van der Waals surface area (Å²) in [5, 5.41) is 10.3. The zero-order chi connectivity index (χ0) is 18.7. The number of hydrogen-bond donors (Lipinski definition) is 1. The number of anilines is 1. The van der Waals surface area contributed by atoms with Gasteiger partial charge in [-0.05, 0) is 42.8 Å². The molecule has 2 atom stereocenters. The molecular formula is C20H22BrNO4. The Labute approximate surface area is 161 Å². The zero-order valence-electron chi connectivity index (χ0n) is 14.8. The summed E-state index contributed by atoms with van der Waals surface area (Å²) in [6.07, 6.45) is 0.901. The molecule has 1 aliphatic rings. The van der Waals surface area contributed by atoms with Crippen molar-refractivity contribution in [3.63, 3.8) is 0 Å². The Morgan fingerprint density at radius 1 is 1.19 bits per heavy atom. The summed E-state index contributed by atoms with van der Waals surface area (Å²) in [7, 11) is 1.60. The molecule has 0 bridgehead atoms. The van der Waals surface area contributed by atoms with E-state index in [2.05, 4.69) is 22.9 Å². The van der Waals surface area contributed by atoms with Gasteiger partial charge in [0.1, 0.15) is 17.5 Å². The second kappa shape index (κ2) is 8.10. The van der Waals surface area contributed by atoms with Crippen LogP contribution in [-0.2, 0) is 4.79 Å². The van der Waals surface area contributed by atoms with Crippen molar-refractivity contribution in [1.82, 2.24) is 0 Å². The zero-order valence-corrected chi connectivity index (χ0v) is 16.4. The number of carbonyl (C=O) groups is 1. The minimum atomic E-state index is -1.08. The highest BCUT2D eigenvalue weighted by molar-refractivity contribution is 9.10. The number of aliphatic hydroxyl groups excluding tert-OH is 1. The van der Waals surface area contributed by atoms with E-state index in [1.807, 2.05) is 30.3 Å². The number of aliphatic hydroxyl groups is 1. The Kier molecular flexibility index (Phi) is 5.84. The number of ether oxygens (including phenoxy) is 2. The Balaban J connectivity index is 1.92. The Hall–Kier alpha value is -2.05. The van der Waals surface area contributed by atoms with E-state index in [4.69, 9.17) is 9.47 Å². The van der Waals surface area contributed by atoms with Crippen molar-refractivity contribution in [2.24, 2.45) is 0 Å². The van der Waals surface area contributed by atoms with Crippen molar-refractivity contribution in [2.45, 2.75) is 31.9 Å². The number of methoxy groups -OCH3 is 1. The van der Waals surface area contributed by atoms with Crippen molar-refractivity contribution in [2.75, 3.05) is 18.6 Å². The van der Waals surface area contributed by atoms with Gasteiger partial charge in [0.15, 0.2) is 6.10 Å². The normalized spacial score (nSPS) is 19.2. The fourth-order valence-electron chi connectivity index (χ4n) is 3.02. The van der Waals surface area contributed by atoms with Gasteiger partial charge >= 0.3 is 0 Å². The molecule has 2 aromatic rings. The maximum absolute atomic E-state index is 12.3. The third kappa shape index (κ3) is 3.57. The lowest BCUT2D eigenvalue weighted by atomic mass is 9.89. The molecule has 0 aromatic heterocycles. The summed E-state index contributed by atoms with van der Waals surface area (Å²) in [4.78, 5) is 13.9. The molecule has 138 valence electrons. The van der Waals surface area contributed by atoms with Gasteiger partial charge in [-0.1, -0.05) is 35.3 Å². The van der Waals surface area contributed by atoms with Crippen LogP contribution in [0.15, 0.2) is 46.9 Å². The number of benzene rings is 2. The van der Waals surface area contributed by atoms with Crippen LogP contribution in [0.25, 0.3) is 0 Å². The van der Waals surface area contributed by atoms with Gasteiger partial charge < -0.3 is 14.6 Å². The molecule has 0 aliphatic carbocycles. The summed E-state index contributed by atoms with van der Waals surface area (Å²) >= 11 is 3.46. The van der Waals surface area contributed by atoms with Crippen molar-refractivity contribution in [1.29, 1.82) is 0 Å². The van der Waals surface area contributed by atoms with Crippen LogP contribution in [0.3, 0.4) is 0 Å². The number of carbonyl (C=O) groups excluding carboxylic acids is 1. The Morgan fingerprint density at radius 2 is 1.92 bits per heavy atom. The highest BCUT2D eigenvalue weighted by Crippen LogP contribution is 2.43. The van der Waals surface area contributed by atoms with Crippen LogP contribution in [0, 0.1) is 0 Å². The average Bonchev–Trinajstić information content (AvgIpc) is 2.66. The molecule has 1 aliphatic heterocycles. The smallest absolute Gasteiger partial charge is 0.259 e. The fraction of sp³-hybridized carbons (Fsp3) is 0.350. The predicted molar refractivity (Wildman–Crippen MR) is 104 cm³/mol. The summed E-state index contributed by atoms with van der Waals surface area (Å²) in [5.41, 5.74) is 1.51. The van der Waals surface area contributed by atoms with Gasteiger partial charge in [0.05, 0.1) is 13.7 Å². The largest absolute Gasteiger partial charge is 0.497 e. The summed E-state index contributed by atoms with van der Waals surface area (Å²) in [5.74, 6) is 1.08. The van der Waals surface area contributed by atoms with Crippen molar-refractivity contribution in [3.8, 4) is 11.5 Å². The molecule has 5 nitrogen and oxygen atoms in total. The maximum Gasteiger partial charge on any atom is 0.259 e. The summed E-state index contributed by atoms with van der Waals surface area (Å²) in [6, 6.07) is 12.4. The fourth-order valence-corrected chi connectivity index (χ4v) is 3.36. The third-order valence-corrected chi connectivity index (χ3v) is 4.96. The quantitative estimate of drug-likeness (QED) is 0.542. The Bertz CT molecular complexity index is 778. The lowest BCUT2D eigenvalue weighted by Gasteiger charge is -2.45. The maximum atomic E-state index is 12.3. The SMILES string of the molecule is CCCCOc1cc(Br)ccc1[C@@H]1[C@H](O)C(=O)N1c1ccc(OC)cc1. The molecule has 1 N–H and O–H groups in total. The first-order chi connectivity index (χ1) is 12.6. The van der Waals surface area contributed by atoms with Crippen molar-refractivity contribution >= 4 is 27.5 Å². The van der Waals surface area contributed by atoms with E-state index in [0.29, 0.717) is 23.8 Å². The summed E-state index contributed by atoms with van der Waals surface area (Å²) in [6.45, 7) is 2.70. The first kappa shape index (κ1) is 18.7. The topological polar surface area (TPSA) is 59.0 Å². The van der Waals surface area contributed by atoms with Crippen LogP contribution >= 0.6 is 15.9 Å². The highest BCUT2D eigenvalue weighted by Gasteiger charge is 2.49. The molecule has 0 radical (unpaired) electrons. The van der Waals surface area contributed by atoms with E-state index in [1.165, 1.54) is 0 Å². The van der Waals surface area contributed by atoms with E-state index in [-0.39, 0.29) is 5.91 Å². The first-order valence-corrected chi connectivity index (χ1v) is 9.43. The molecule has 6 heteroatoms. The monoisotopic (exact) mass is 419 g/mol. The standard InChI is InChI=1S/C20H22BrNO4/c1-3-4-11-26-17-12-13(21)5-10-16(17)18-19(23)20(24)22(18)14-6-8-15(25-2)9-7-14/h5-10,12,18-19,23H,3-4,11H2,1-2H3/t18-,19+/m1/s1. The van der Waals surface area contributed by atoms with Gasteiger partial charge in [-0.3, -0.25) is 9.69 Å². The van der Waals surface area contributed by atoms with Crippen LogP contribution < -0.4 is 14.4 Å². The molecule has 0 spiro atoms. The number of β-lactam (4-membered cyclic amide) rings is 1. The first-order valence-electron chi connectivity index (χ1n) is 8.64. The minimum Gasteiger partial charge on any atom is -0.497 e. The number of rotatable bonds is 7. The molecule has 2 aromatic carbocycles. The number of amides is 1. The van der Waals surface area contributed by atoms with Crippen molar-refractivity contribution < 1.29 is 19.4 Å².